The van der Waals surface area contributed by atoms with E-state index in [1.54, 1.807) is 0 Å². The molecule has 1 rings (SSSR count). The van der Waals surface area contributed by atoms with Crippen LogP contribution in [0, 0.1) is 0 Å². The maximum atomic E-state index is 12.0. The molecule has 7 N–H and O–H groups in total. The highest BCUT2D eigenvalue weighted by atomic mass is 16.5. The first kappa shape index (κ1) is 25.2. The van der Waals surface area contributed by atoms with E-state index >= 15 is 0 Å². The lowest BCUT2D eigenvalue weighted by atomic mass is 9.90. The van der Waals surface area contributed by atoms with Crippen LogP contribution in [0.1, 0.15) is 58.8 Å². The van der Waals surface area contributed by atoms with Gasteiger partial charge in [0, 0.05) is 6.42 Å². The molecule has 1 amide bonds. The molecule has 0 bridgehead atoms. The van der Waals surface area contributed by atoms with Crippen LogP contribution in [0.2, 0.25) is 0 Å². The number of amides is 1. The average Bonchev–Trinajstić information content (AvgIpc) is 2.68. The molecule has 1 fully saturated rings. The van der Waals surface area contributed by atoms with Crippen LogP contribution in [-0.4, -0.2) is 91.9 Å². The number of rotatable bonds is 12. The van der Waals surface area contributed by atoms with Crippen LogP contribution in [-0.2, 0) is 9.53 Å². The van der Waals surface area contributed by atoms with Crippen molar-refractivity contribution in [3.8, 4) is 0 Å². The first-order valence-corrected chi connectivity index (χ1v) is 10.2. The van der Waals surface area contributed by atoms with E-state index in [4.69, 9.17) is 4.74 Å². The minimum Gasteiger partial charge on any atom is -0.394 e. The molecule has 28 heavy (non-hydrogen) atoms. The second-order valence-corrected chi connectivity index (χ2v) is 7.57. The van der Waals surface area contributed by atoms with Crippen molar-refractivity contribution in [3.05, 3.63) is 0 Å². The Bertz CT molecular complexity index is 450. The van der Waals surface area contributed by atoms with E-state index in [0.717, 1.165) is 12.8 Å². The highest BCUT2D eigenvalue weighted by Crippen LogP contribution is 2.25. The summed E-state index contributed by atoms with van der Waals surface area (Å²) in [5.41, 5.74) is 0. The molecule has 0 aliphatic carbocycles. The zero-order chi connectivity index (χ0) is 21.3. The van der Waals surface area contributed by atoms with Gasteiger partial charge in [-0.1, -0.05) is 26.7 Å². The molecule has 1 saturated heterocycles. The molecule has 1 aliphatic heterocycles. The third kappa shape index (κ3) is 7.22. The molecule has 0 radical (unpaired) electrons. The predicted molar refractivity (Wildman–Crippen MR) is 101 cm³/mol. The third-order valence-corrected chi connectivity index (χ3v) is 5.24. The number of nitrogens with one attached hydrogen (secondary N) is 1. The first-order chi connectivity index (χ1) is 13.3. The normalized spacial score (nSPS) is 31.2. The number of aliphatic hydroxyl groups is 6. The van der Waals surface area contributed by atoms with E-state index < -0.39 is 55.4 Å². The maximum absolute atomic E-state index is 12.0. The number of ether oxygens (including phenoxy) is 1. The zero-order valence-electron chi connectivity index (χ0n) is 16.8. The Morgan fingerprint density at radius 1 is 1.00 bits per heavy atom. The number of hydrogen-bond acceptors (Lipinski definition) is 8. The van der Waals surface area contributed by atoms with E-state index in [-0.39, 0.29) is 25.2 Å². The maximum Gasteiger partial charge on any atom is 0.220 e. The highest BCUT2D eigenvalue weighted by molar-refractivity contribution is 5.76. The van der Waals surface area contributed by atoms with Gasteiger partial charge in [0.15, 0.2) is 0 Å². The second kappa shape index (κ2) is 12.7. The van der Waals surface area contributed by atoms with Crippen molar-refractivity contribution in [2.24, 2.45) is 0 Å². The van der Waals surface area contributed by atoms with Gasteiger partial charge in [0.25, 0.3) is 0 Å². The summed E-state index contributed by atoms with van der Waals surface area (Å²) in [5, 5.41) is 62.6. The smallest absolute Gasteiger partial charge is 0.220 e. The third-order valence-electron chi connectivity index (χ3n) is 5.24. The standard InChI is InChI=1S/C19H37NO8/c1-3-5-7-12(22)16(24)11(20-15(23)6-4-2)8-9-13-17(25)19(27)18(26)14(10-21)28-13/h11-14,16-19,21-22,24-27H,3-10H2,1-2H3,(H,20,23)/t11-,12+,13-,14?,16-,17?,18-,19?/m0/s1. The second-order valence-electron chi connectivity index (χ2n) is 7.57. The van der Waals surface area contributed by atoms with Crippen LogP contribution in [0.5, 0.6) is 0 Å². The van der Waals surface area contributed by atoms with Gasteiger partial charge in [-0.15, -0.1) is 0 Å². The van der Waals surface area contributed by atoms with Gasteiger partial charge in [0.1, 0.15) is 24.4 Å². The summed E-state index contributed by atoms with van der Waals surface area (Å²) < 4.78 is 5.47. The van der Waals surface area contributed by atoms with Gasteiger partial charge in [0.05, 0.1) is 31.0 Å². The first-order valence-electron chi connectivity index (χ1n) is 10.2. The lowest BCUT2D eigenvalue weighted by Crippen LogP contribution is -2.59. The predicted octanol–water partition coefficient (Wildman–Crippen LogP) is -1.19. The molecule has 9 heteroatoms. The van der Waals surface area contributed by atoms with Crippen LogP contribution in [0.4, 0.5) is 0 Å². The number of aliphatic hydroxyl groups excluding tert-OH is 6. The Morgan fingerprint density at radius 3 is 2.21 bits per heavy atom. The average molecular weight is 408 g/mol. The van der Waals surface area contributed by atoms with Crippen molar-refractivity contribution in [1.29, 1.82) is 0 Å². The van der Waals surface area contributed by atoms with E-state index in [1.165, 1.54) is 0 Å². The van der Waals surface area contributed by atoms with Crippen LogP contribution in [0.3, 0.4) is 0 Å². The molecule has 0 saturated carbocycles. The molecular weight excluding hydrogens is 370 g/mol. The molecule has 8 atom stereocenters. The summed E-state index contributed by atoms with van der Waals surface area (Å²) in [6, 6.07) is -0.752. The Hall–Kier alpha value is -0.810. The molecule has 0 aromatic rings. The van der Waals surface area contributed by atoms with Crippen molar-refractivity contribution in [2.75, 3.05) is 6.61 Å². The fraction of sp³-hybridized carbons (Fsp3) is 0.947. The molecule has 0 aromatic heterocycles. The molecule has 1 heterocycles. The van der Waals surface area contributed by atoms with E-state index in [2.05, 4.69) is 5.32 Å². The summed E-state index contributed by atoms with van der Waals surface area (Å²) in [6.07, 6.45) is -5.09. The van der Waals surface area contributed by atoms with Crippen molar-refractivity contribution in [2.45, 2.75) is 108 Å². The molecule has 9 nitrogen and oxygen atoms in total. The monoisotopic (exact) mass is 407 g/mol. The van der Waals surface area contributed by atoms with E-state index in [0.29, 0.717) is 12.8 Å². The Labute approximate surface area is 166 Å². The lowest BCUT2D eigenvalue weighted by molar-refractivity contribution is -0.231. The Kier molecular flexibility index (Phi) is 11.4. The van der Waals surface area contributed by atoms with Gasteiger partial charge in [0.2, 0.25) is 5.91 Å². The van der Waals surface area contributed by atoms with Crippen LogP contribution < -0.4 is 5.32 Å². The molecule has 3 unspecified atom stereocenters. The molecule has 166 valence electrons. The van der Waals surface area contributed by atoms with Gasteiger partial charge in [-0.05, 0) is 25.7 Å². The fourth-order valence-electron chi connectivity index (χ4n) is 3.45. The minimum absolute atomic E-state index is 0.149. The van der Waals surface area contributed by atoms with Gasteiger partial charge in [-0.3, -0.25) is 4.79 Å². The molecule has 1 aliphatic rings. The van der Waals surface area contributed by atoms with Crippen LogP contribution in [0.15, 0.2) is 0 Å². The number of carbonyl (C=O) groups is 1. The van der Waals surface area contributed by atoms with Crippen molar-refractivity contribution < 1.29 is 40.2 Å². The van der Waals surface area contributed by atoms with Gasteiger partial charge in [-0.25, -0.2) is 0 Å². The molecular formula is C19H37NO8. The molecule has 0 spiro atoms. The fourth-order valence-corrected chi connectivity index (χ4v) is 3.45. The SMILES string of the molecule is CCCC[C@@H](O)[C@@H](O)[C@H](CC[C@@H]1OC(CO)[C@H](O)C(O)C1O)NC(=O)CCC. The number of unbranched alkanes of at least 4 members (excludes halogenated alkanes) is 1. The van der Waals surface area contributed by atoms with Gasteiger partial charge < -0.3 is 40.7 Å². The van der Waals surface area contributed by atoms with Crippen molar-refractivity contribution >= 4 is 5.91 Å². The topological polar surface area (TPSA) is 160 Å². The number of carbonyl (C=O) groups excluding carboxylic acids is 1. The number of hydrogen-bond donors (Lipinski definition) is 7. The molecule has 0 aromatic carbocycles. The van der Waals surface area contributed by atoms with E-state index in [1.807, 2.05) is 13.8 Å². The Balaban J connectivity index is 2.77. The van der Waals surface area contributed by atoms with Gasteiger partial charge in [-0.2, -0.15) is 0 Å². The lowest BCUT2D eigenvalue weighted by Gasteiger charge is -2.40. The van der Waals surface area contributed by atoms with Crippen LogP contribution in [0.25, 0.3) is 0 Å². The minimum atomic E-state index is -1.47. The summed E-state index contributed by atoms with van der Waals surface area (Å²) in [5.74, 6) is -0.247. The van der Waals surface area contributed by atoms with Crippen molar-refractivity contribution in [3.63, 3.8) is 0 Å². The summed E-state index contributed by atoms with van der Waals surface area (Å²) >= 11 is 0. The van der Waals surface area contributed by atoms with E-state index in [9.17, 15) is 35.4 Å². The van der Waals surface area contributed by atoms with Crippen molar-refractivity contribution in [1.82, 2.24) is 5.32 Å². The van der Waals surface area contributed by atoms with Gasteiger partial charge >= 0.3 is 0 Å². The zero-order valence-corrected chi connectivity index (χ0v) is 16.8. The summed E-state index contributed by atoms with van der Waals surface area (Å²) in [7, 11) is 0. The largest absolute Gasteiger partial charge is 0.394 e. The highest BCUT2D eigenvalue weighted by Gasteiger charge is 2.43. The van der Waals surface area contributed by atoms with Crippen LogP contribution >= 0.6 is 0 Å². The quantitative estimate of drug-likeness (QED) is 0.212. The summed E-state index contributed by atoms with van der Waals surface area (Å²) in [4.78, 5) is 12.0. The Morgan fingerprint density at radius 2 is 1.64 bits per heavy atom. The summed E-state index contributed by atoms with van der Waals surface area (Å²) in [6.45, 7) is 3.31.